The Morgan fingerprint density at radius 2 is 1.65 bits per heavy atom. The molecule has 0 saturated carbocycles. The molecule has 0 saturated heterocycles. The number of hydrogen-bond acceptors (Lipinski definition) is 7. The van der Waals surface area contributed by atoms with E-state index in [1.807, 2.05) is 13.8 Å². The largest absolute Gasteiger partial charge is 0.507 e. The van der Waals surface area contributed by atoms with Crippen LogP contribution in [0.5, 0.6) is 23.0 Å². The van der Waals surface area contributed by atoms with Crippen LogP contribution in [0.3, 0.4) is 0 Å². The third-order valence-electron chi connectivity index (χ3n) is 5.52. The van der Waals surface area contributed by atoms with Gasteiger partial charge in [-0.2, -0.15) is 0 Å². The average molecular weight is 508 g/mol. The van der Waals surface area contributed by atoms with Crippen LogP contribution in [-0.2, 0) is 11.2 Å². The molecule has 3 N–H and O–H groups in total. The minimum atomic E-state index is -0.977. The van der Waals surface area contributed by atoms with Crippen molar-refractivity contribution in [1.82, 2.24) is 0 Å². The molecule has 0 unspecified atom stereocenters. The third kappa shape index (κ3) is 7.00. The summed E-state index contributed by atoms with van der Waals surface area (Å²) in [5, 5.41) is 21.2. The zero-order chi connectivity index (χ0) is 27.2. The predicted octanol–water partition coefficient (Wildman–Crippen LogP) is 5.07. The van der Waals surface area contributed by atoms with Crippen LogP contribution >= 0.6 is 0 Å². The first-order valence-corrected chi connectivity index (χ1v) is 11.5. The van der Waals surface area contributed by atoms with E-state index in [-0.39, 0.29) is 28.4 Å². The van der Waals surface area contributed by atoms with Crippen molar-refractivity contribution in [1.29, 1.82) is 0 Å². The summed E-state index contributed by atoms with van der Waals surface area (Å²) in [6.07, 6.45) is 1.62. The maximum absolute atomic E-state index is 11.8. The molecule has 0 spiro atoms. The molecule has 1 heterocycles. The number of aromatic hydroxyl groups is 1. The lowest BCUT2D eigenvalue weighted by atomic mass is 9.92. The summed E-state index contributed by atoms with van der Waals surface area (Å²) in [6.45, 7) is 5.45. The van der Waals surface area contributed by atoms with E-state index in [0.29, 0.717) is 17.2 Å². The van der Waals surface area contributed by atoms with E-state index >= 15 is 0 Å². The standard InChI is InChI=1S/C15H13NO4.C13H16O4/c1-10(17)16-11-6-8-12(9-7-11)20-15(19)13-4-2-3-5-14(13)18;1-13(2)7-6-8-10(17-13)5-4-9(12(14)15)11(8)16-3/h2-9,18H,1H3,(H,16,17);4-5H,6-7H2,1-3H3,(H,14,15). The minimum Gasteiger partial charge on any atom is -0.507 e. The second-order valence-corrected chi connectivity index (χ2v) is 8.90. The lowest BCUT2D eigenvalue weighted by Crippen LogP contribution is -2.32. The first-order valence-electron chi connectivity index (χ1n) is 11.5. The number of hydrogen-bond donors (Lipinski definition) is 3. The SMILES string of the molecule is CC(=O)Nc1ccc(OC(=O)c2ccccc2O)cc1.COc1c(C(=O)O)ccc2c1CCC(C)(C)O2. The fourth-order valence-corrected chi connectivity index (χ4v) is 3.74. The van der Waals surface area contributed by atoms with E-state index in [9.17, 15) is 19.5 Å². The lowest BCUT2D eigenvalue weighted by Gasteiger charge is -2.33. The first-order chi connectivity index (χ1) is 17.5. The molecule has 0 atom stereocenters. The zero-order valence-corrected chi connectivity index (χ0v) is 21.0. The Bertz CT molecular complexity index is 1300. The molecular weight excluding hydrogens is 478 g/mol. The van der Waals surface area contributed by atoms with Gasteiger partial charge in [0.15, 0.2) is 0 Å². The summed E-state index contributed by atoms with van der Waals surface area (Å²) in [5.41, 5.74) is 1.54. The Kier molecular flexibility index (Phi) is 8.39. The molecule has 3 aromatic carbocycles. The van der Waals surface area contributed by atoms with Crippen LogP contribution in [0.1, 0.15) is 53.5 Å². The molecule has 194 valence electrons. The average Bonchev–Trinajstić information content (AvgIpc) is 2.84. The Labute approximate surface area is 214 Å². The molecule has 9 heteroatoms. The molecule has 3 aromatic rings. The van der Waals surface area contributed by atoms with Crippen molar-refractivity contribution < 1.29 is 38.8 Å². The number of carboxylic acid groups (broad SMARTS) is 1. The predicted molar refractivity (Wildman–Crippen MR) is 137 cm³/mol. The molecule has 4 rings (SSSR count). The number of methoxy groups -OCH3 is 1. The van der Waals surface area contributed by atoms with Gasteiger partial charge in [0.05, 0.1) is 7.11 Å². The molecule has 0 aliphatic carbocycles. The number of benzene rings is 3. The van der Waals surface area contributed by atoms with Crippen LogP contribution in [-0.4, -0.2) is 40.8 Å². The molecule has 1 amide bonds. The quantitative estimate of drug-likeness (QED) is 0.322. The number of nitrogens with one attached hydrogen (secondary N) is 1. The number of ether oxygens (including phenoxy) is 3. The van der Waals surface area contributed by atoms with Gasteiger partial charge >= 0.3 is 11.9 Å². The maximum Gasteiger partial charge on any atom is 0.347 e. The van der Waals surface area contributed by atoms with Crippen molar-refractivity contribution in [2.24, 2.45) is 0 Å². The fourth-order valence-electron chi connectivity index (χ4n) is 3.74. The number of fused-ring (bicyclic) bond motifs is 1. The van der Waals surface area contributed by atoms with Gasteiger partial charge < -0.3 is 29.7 Å². The van der Waals surface area contributed by atoms with Crippen LogP contribution in [0.2, 0.25) is 0 Å². The number of carbonyl (C=O) groups is 3. The van der Waals surface area contributed by atoms with Gasteiger partial charge in [0.25, 0.3) is 0 Å². The number of aromatic carboxylic acids is 1. The number of carboxylic acids is 1. The number of para-hydroxylation sites is 1. The van der Waals surface area contributed by atoms with Gasteiger partial charge in [0, 0.05) is 18.2 Å². The molecule has 0 aromatic heterocycles. The van der Waals surface area contributed by atoms with Crippen LogP contribution < -0.4 is 19.5 Å². The van der Waals surface area contributed by atoms with Gasteiger partial charge in [-0.25, -0.2) is 9.59 Å². The van der Waals surface area contributed by atoms with Gasteiger partial charge in [-0.3, -0.25) is 4.79 Å². The number of anilines is 1. The molecule has 37 heavy (non-hydrogen) atoms. The van der Waals surface area contributed by atoms with Crippen molar-refractivity contribution in [2.75, 3.05) is 12.4 Å². The maximum atomic E-state index is 11.8. The van der Waals surface area contributed by atoms with E-state index in [2.05, 4.69) is 5.32 Å². The van der Waals surface area contributed by atoms with Crippen LogP contribution in [0.4, 0.5) is 5.69 Å². The Balaban J connectivity index is 0.000000208. The van der Waals surface area contributed by atoms with Crippen LogP contribution in [0.25, 0.3) is 0 Å². The van der Waals surface area contributed by atoms with Crippen molar-refractivity contribution in [3.63, 3.8) is 0 Å². The van der Waals surface area contributed by atoms with Gasteiger partial charge in [-0.05, 0) is 75.2 Å². The molecule has 0 fully saturated rings. The first kappa shape index (κ1) is 27.1. The summed E-state index contributed by atoms with van der Waals surface area (Å²) < 4.78 is 16.2. The van der Waals surface area contributed by atoms with E-state index in [1.54, 1.807) is 42.5 Å². The number of rotatable bonds is 5. The molecular formula is C28H29NO8. The molecule has 0 radical (unpaired) electrons. The van der Waals surface area contributed by atoms with Crippen molar-refractivity contribution >= 4 is 23.5 Å². The topological polar surface area (TPSA) is 131 Å². The van der Waals surface area contributed by atoms with E-state index in [4.69, 9.17) is 19.3 Å². The Morgan fingerprint density at radius 3 is 2.24 bits per heavy atom. The number of carbonyl (C=O) groups excluding carboxylic acids is 2. The molecule has 1 aliphatic rings. The minimum absolute atomic E-state index is 0.0958. The van der Waals surface area contributed by atoms with E-state index in [0.717, 1.165) is 24.2 Å². The summed E-state index contributed by atoms with van der Waals surface area (Å²) >= 11 is 0. The van der Waals surface area contributed by atoms with Crippen LogP contribution in [0.15, 0.2) is 60.7 Å². The summed E-state index contributed by atoms with van der Waals surface area (Å²) in [5.74, 6) is -0.456. The van der Waals surface area contributed by atoms with E-state index in [1.165, 1.54) is 32.2 Å². The Hall–Kier alpha value is -4.53. The van der Waals surface area contributed by atoms with E-state index < -0.39 is 11.9 Å². The highest BCUT2D eigenvalue weighted by atomic mass is 16.5. The van der Waals surface area contributed by atoms with Gasteiger partial charge in [-0.15, -0.1) is 0 Å². The molecule has 0 bridgehead atoms. The highest BCUT2D eigenvalue weighted by Gasteiger charge is 2.30. The molecule has 9 nitrogen and oxygen atoms in total. The second-order valence-electron chi connectivity index (χ2n) is 8.90. The Morgan fingerprint density at radius 1 is 0.973 bits per heavy atom. The molecule has 1 aliphatic heterocycles. The summed E-state index contributed by atoms with van der Waals surface area (Å²) in [6, 6.07) is 15.7. The lowest BCUT2D eigenvalue weighted by molar-refractivity contribution is -0.114. The number of phenolic OH excluding ortho intramolecular Hbond substituents is 1. The highest BCUT2D eigenvalue weighted by molar-refractivity contribution is 5.94. The van der Waals surface area contributed by atoms with Crippen molar-refractivity contribution in [3.05, 3.63) is 77.4 Å². The number of esters is 1. The summed E-state index contributed by atoms with van der Waals surface area (Å²) in [7, 11) is 1.49. The second kappa shape index (κ2) is 11.5. The van der Waals surface area contributed by atoms with Gasteiger partial charge in [-0.1, -0.05) is 12.1 Å². The number of amides is 1. The van der Waals surface area contributed by atoms with Crippen LogP contribution in [0, 0.1) is 0 Å². The van der Waals surface area contributed by atoms with Crippen molar-refractivity contribution in [2.45, 2.75) is 39.2 Å². The van der Waals surface area contributed by atoms with Gasteiger partial charge in [0.2, 0.25) is 5.91 Å². The third-order valence-corrected chi connectivity index (χ3v) is 5.52. The summed E-state index contributed by atoms with van der Waals surface area (Å²) in [4.78, 5) is 33.8. The fraction of sp³-hybridized carbons (Fsp3) is 0.250. The smallest absolute Gasteiger partial charge is 0.347 e. The normalized spacial score (nSPS) is 13.1. The van der Waals surface area contributed by atoms with Crippen molar-refractivity contribution in [3.8, 4) is 23.0 Å². The highest BCUT2D eigenvalue weighted by Crippen LogP contribution is 2.40. The monoisotopic (exact) mass is 507 g/mol. The zero-order valence-electron chi connectivity index (χ0n) is 21.0. The number of phenols is 1. The van der Waals surface area contributed by atoms with Gasteiger partial charge in [0.1, 0.15) is 39.7 Å².